The minimum absolute atomic E-state index is 0.145. The third-order valence-electron chi connectivity index (χ3n) is 2.27. The number of halogens is 2. The summed E-state index contributed by atoms with van der Waals surface area (Å²) in [6.45, 7) is 0. The summed E-state index contributed by atoms with van der Waals surface area (Å²) in [5.74, 6) is -0.637. The van der Waals surface area contributed by atoms with E-state index in [-0.39, 0.29) is 18.2 Å². The first kappa shape index (κ1) is 13.2. The second-order valence-corrected chi connectivity index (χ2v) is 5.23. The van der Waals surface area contributed by atoms with Gasteiger partial charge in [-0.05, 0) is 34.1 Å². The van der Waals surface area contributed by atoms with Gasteiger partial charge in [0.1, 0.15) is 10.8 Å². The molecule has 0 amide bonds. The van der Waals surface area contributed by atoms with Gasteiger partial charge in [-0.1, -0.05) is 0 Å². The Morgan fingerprint density at radius 2 is 2.33 bits per heavy atom. The third-order valence-corrected chi connectivity index (χ3v) is 3.85. The number of esters is 1. The molecule has 0 bridgehead atoms. The van der Waals surface area contributed by atoms with E-state index >= 15 is 0 Å². The van der Waals surface area contributed by atoms with Gasteiger partial charge in [-0.2, -0.15) is 0 Å². The van der Waals surface area contributed by atoms with Crippen LogP contribution in [0.2, 0.25) is 0 Å². The Kier molecular flexibility index (Phi) is 4.08. The fourth-order valence-corrected chi connectivity index (χ4v) is 2.92. The zero-order chi connectivity index (χ0) is 13.1. The zero-order valence-electron chi connectivity index (χ0n) is 9.44. The molecule has 0 spiro atoms. The highest BCUT2D eigenvalue weighted by molar-refractivity contribution is 9.10. The smallest absolute Gasteiger partial charge is 0.311 e. The van der Waals surface area contributed by atoms with Gasteiger partial charge in [0.25, 0.3) is 0 Å². The van der Waals surface area contributed by atoms with E-state index in [1.165, 1.54) is 30.6 Å². The second kappa shape index (κ2) is 5.58. The second-order valence-electron chi connectivity index (χ2n) is 3.52. The highest BCUT2D eigenvalue weighted by Gasteiger charge is 2.11. The Bertz CT molecular complexity index is 585. The van der Waals surface area contributed by atoms with Crippen LogP contribution in [0.5, 0.6) is 0 Å². The highest BCUT2D eigenvalue weighted by atomic mass is 79.9. The van der Waals surface area contributed by atoms with E-state index in [2.05, 4.69) is 25.7 Å². The lowest BCUT2D eigenvalue weighted by molar-refractivity contribution is -0.139. The molecule has 0 unspecified atom stereocenters. The van der Waals surface area contributed by atoms with Crippen molar-refractivity contribution in [3.8, 4) is 10.6 Å². The molecular formula is C12H9BrFNO2S. The summed E-state index contributed by atoms with van der Waals surface area (Å²) >= 11 is 4.70. The molecule has 0 radical (unpaired) electrons. The normalized spacial score (nSPS) is 10.4. The van der Waals surface area contributed by atoms with Gasteiger partial charge in [0.05, 0.1) is 19.2 Å². The van der Waals surface area contributed by atoms with Crippen molar-refractivity contribution in [3.63, 3.8) is 0 Å². The molecule has 3 nitrogen and oxygen atoms in total. The standard InChI is InChI=1S/C12H9BrFNO2S/c1-17-11(16)5-8-6-18-12(15-8)9-3-2-7(14)4-10(9)13/h2-4,6H,5H2,1H3. The lowest BCUT2D eigenvalue weighted by atomic mass is 10.2. The van der Waals surface area contributed by atoms with Gasteiger partial charge < -0.3 is 4.74 Å². The maximum absolute atomic E-state index is 13.0. The van der Waals surface area contributed by atoms with Gasteiger partial charge >= 0.3 is 5.97 Å². The van der Waals surface area contributed by atoms with Gasteiger partial charge in [0.15, 0.2) is 0 Å². The molecule has 0 N–H and O–H groups in total. The van der Waals surface area contributed by atoms with E-state index < -0.39 is 0 Å². The van der Waals surface area contributed by atoms with Crippen LogP contribution < -0.4 is 0 Å². The molecule has 0 saturated heterocycles. The molecule has 1 aromatic carbocycles. The number of carbonyl (C=O) groups excluding carboxylic acids is 1. The maximum Gasteiger partial charge on any atom is 0.311 e. The molecule has 94 valence electrons. The van der Waals surface area contributed by atoms with E-state index in [0.717, 1.165) is 10.6 Å². The van der Waals surface area contributed by atoms with E-state index in [1.807, 2.05) is 0 Å². The van der Waals surface area contributed by atoms with Crippen LogP contribution in [0.4, 0.5) is 4.39 Å². The SMILES string of the molecule is COC(=O)Cc1csc(-c2ccc(F)cc2Br)n1. The predicted molar refractivity (Wildman–Crippen MR) is 70.9 cm³/mol. The average molecular weight is 330 g/mol. The summed E-state index contributed by atoms with van der Waals surface area (Å²) in [5, 5.41) is 2.53. The highest BCUT2D eigenvalue weighted by Crippen LogP contribution is 2.31. The van der Waals surface area contributed by atoms with Crippen LogP contribution in [0, 0.1) is 5.82 Å². The molecule has 1 heterocycles. The van der Waals surface area contributed by atoms with Gasteiger partial charge in [-0.25, -0.2) is 9.37 Å². The molecular weight excluding hydrogens is 321 g/mol. The van der Waals surface area contributed by atoms with Crippen LogP contribution in [0.15, 0.2) is 28.1 Å². The van der Waals surface area contributed by atoms with Crippen LogP contribution in [0.3, 0.4) is 0 Å². The Hall–Kier alpha value is -1.27. The molecule has 1 aromatic heterocycles. The van der Waals surface area contributed by atoms with Crippen molar-refractivity contribution in [1.29, 1.82) is 0 Å². The lowest BCUT2D eigenvalue weighted by Crippen LogP contribution is -2.04. The molecule has 2 aromatic rings. The van der Waals surface area contributed by atoms with Crippen molar-refractivity contribution in [1.82, 2.24) is 4.98 Å². The molecule has 0 fully saturated rings. The number of benzene rings is 1. The number of rotatable bonds is 3. The maximum atomic E-state index is 13.0. The number of methoxy groups -OCH3 is 1. The van der Waals surface area contributed by atoms with Crippen LogP contribution in [-0.2, 0) is 16.0 Å². The van der Waals surface area contributed by atoms with Crippen LogP contribution in [0.1, 0.15) is 5.69 Å². The predicted octanol–water partition coefficient (Wildman–Crippen LogP) is 3.43. The van der Waals surface area contributed by atoms with Gasteiger partial charge in [-0.15, -0.1) is 11.3 Å². The summed E-state index contributed by atoms with van der Waals surface area (Å²) in [4.78, 5) is 15.4. The fraction of sp³-hybridized carbons (Fsp3) is 0.167. The number of hydrogen-bond donors (Lipinski definition) is 0. The molecule has 0 saturated carbocycles. The quantitative estimate of drug-likeness (QED) is 0.810. The molecule has 0 aliphatic heterocycles. The first-order valence-electron chi connectivity index (χ1n) is 5.07. The van der Waals surface area contributed by atoms with Crippen molar-refractivity contribution < 1.29 is 13.9 Å². The number of carbonyl (C=O) groups is 1. The summed E-state index contributed by atoms with van der Waals surface area (Å²) < 4.78 is 18.2. The minimum atomic E-state index is -0.329. The van der Waals surface area contributed by atoms with Crippen molar-refractivity contribution in [3.05, 3.63) is 39.6 Å². The van der Waals surface area contributed by atoms with Crippen molar-refractivity contribution >= 4 is 33.2 Å². The summed E-state index contributed by atoms with van der Waals surface area (Å²) in [7, 11) is 1.34. The topological polar surface area (TPSA) is 39.2 Å². The molecule has 0 aliphatic rings. The van der Waals surface area contributed by atoms with E-state index in [4.69, 9.17) is 0 Å². The Morgan fingerprint density at radius 3 is 3.00 bits per heavy atom. The number of nitrogens with zero attached hydrogens (tertiary/aromatic N) is 1. The summed E-state index contributed by atoms with van der Waals surface area (Å²) in [6, 6.07) is 4.42. The summed E-state index contributed by atoms with van der Waals surface area (Å²) in [5.41, 5.74) is 1.45. The van der Waals surface area contributed by atoms with Crippen molar-refractivity contribution in [2.45, 2.75) is 6.42 Å². The Balaban J connectivity index is 2.26. The lowest BCUT2D eigenvalue weighted by Gasteiger charge is -2.00. The van der Waals surface area contributed by atoms with E-state index in [0.29, 0.717) is 10.2 Å². The molecule has 2 rings (SSSR count). The number of aromatic nitrogens is 1. The largest absolute Gasteiger partial charge is 0.469 e. The molecule has 0 aliphatic carbocycles. The third kappa shape index (κ3) is 2.94. The minimum Gasteiger partial charge on any atom is -0.469 e. The van der Waals surface area contributed by atoms with Gasteiger partial charge in [0.2, 0.25) is 0 Å². The monoisotopic (exact) mass is 329 g/mol. The fourth-order valence-electron chi connectivity index (χ4n) is 1.39. The first-order valence-corrected chi connectivity index (χ1v) is 6.74. The van der Waals surface area contributed by atoms with E-state index in [1.54, 1.807) is 11.4 Å². The Morgan fingerprint density at radius 1 is 1.56 bits per heavy atom. The molecule has 6 heteroatoms. The van der Waals surface area contributed by atoms with Crippen LogP contribution >= 0.6 is 27.3 Å². The zero-order valence-corrected chi connectivity index (χ0v) is 11.8. The van der Waals surface area contributed by atoms with Crippen molar-refractivity contribution in [2.24, 2.45) is 0 Å². The van der Waals surface area contributed by atoms with Crippen LogP contribution in [0.25, 0.3) is 10.6 Å². The van der Waals surface area contributed by atoms with E-state index in [9.17, 15) is 9.18 Å². The van der Waals surface area contributed by atoms with Gasteiger partial charge in [-0.3, -0.25) is 4.79 Å². The molecule has 0 atom stereocenters. The Labute approximate surface area is 116 Å². The summed E-state index contributed by atoms with van der Waals surface area (Å²) in [6.07, 6.45) is 0.145. The number of hydrogen-bond acceptors (Lipinski definition) is 4. The average Bonchev–Trinajstić information content (AvgIpc) is 2.77. The number of thiazole rings is 1. The van der Waals surface area contributed by atoms with Crippen LogP contribution in [-0.4, -0.2) is 18.1 Å². The molecule has 18 heavy (non-hydrogen) atoms. The first-order chi connectivity index (χ1) is 8.60. The van der Waals surface area contributed by atoms with Gasteiger partial charge in [0, 0.05) is 15.4 Å². The number of ether oxygens (including phenoxy) is 1. The van der Waals surface area contributed by atoms with Crippen molar-refractivity contribution in [2.75, 3.05) is 7.11 Å².